The topological polar surface area (TPSA) is 4.93 Å². The quantitative estimate of drug-likeness (QED) is 0.768. The molecule has 1 aromatic heterocycles. The molecule has 0 radical (unpaired) electrons. The Hall–Kier alpha value is -1.71. The van der Waals surface area contributed by atoms with Crippen molar-refractivity contribution >= 4 is 0 Å². The Kier molecular flexibility index (Phi) is 3.22. The van der Waals surface area contributed by atoms with E-state index in [0.717, 1.165) is 30.7 Å². The number of hydrogen-bond acceptors (Lipinski definition) is 0. The van der Waals surface area contributed by atoms with E-state index in [1.54, 1.807) is 0 Å². The van der Waals surface area contributed by atoms with Crippen LogP contribution in [0.3, 0.4) is 0 Å². The fourth-order valence-corrected chi connectivity index (χ4v) is 1.64. The molecule has 1 heterocycles. The molecule has 90 valence electrons. The Morgan fingerprint density at radius 3 is 2.06 bits per heavy atom. The minimum atomic E-state index is -4.25. The maximum Gasteiger partial charge on any atom is 0.416 e. The lowest BCUT2D eigenvalue weighted by molar-refractivity contribution is -0.137. The van der Waals surface area contributed by atoms with E-state index in [9.17, 15) is 13.2 Å². The molecule has 0 unspecified atom stereocenters. The summed E-state index contributed by atoms with van der Waals surface area (Å²) in [7, 11) is 0. The smallest absolute Gasteiger partial charge is 0.354 e. The highest BCUT2D eigenvalue weighted by Crippen LogP contribution is 2.29. The fourth-order valence-electron chi connectivity index (χ4n) is 1.64. The third-order valence-electron chi connectivity index (χ3n) is 2.61. The Bertz CT molecular complexity index is 454. The molecule has 0 saturated heterocycles. The van der Waals surface area contributed by atoms with Crippen molar-refractivity contribution in [2.45, 2.75) is 19.1 Å². The van der Waals surface area contributed by atoms with E-state index in [4.69, 9.17) is 0 Å². The van der Waals surface area contributed by atoms with Crippen LogP contribution in [0.15, 0.2) is 48.8 Å². The minimum Gasteiger partial charge on any atom is -0.354 e. The van der Waals surface area contributed by atoms with Crippen molar-refractivity contribution in [3.8, 4) is 0 Å². The number of benzene rings is 1. The highest BCUT2D eigenvalue weighted by Gasteiger charge is 2.29. The van der Waals surface area contributed by atoms with E-state index in [2.05, 4.69) is 0 Å². The van der Waals surface area contributed by atoms with Gasteiger partial charge in [0.05, 0.1) is 5.56 Å². The van der Waals surface area contributed by atoms with E-state index in [0.29, 0.717) is 0 Å². The van der Waals surface area contributed by atoms with Gasteiger partial charge in [0.2, 0.25) is 0 Å². The van der Waals surface area contributed by atoms with Crippen LogP contribution in [0.2, 0.25) is 0 Å². The summed E-state index contributed by atoms with van der Waals surface area (Å²) in [6.07, 6.45) is 0.347. The van der Waals surface area contributed by atoms with Gasteiger partial charge in [-0.05, 0) is 36.2 Å². The zero-order valence-corrected chi connectivity index (χ0v) is 9.11. The van der Waals surface area contributed by atoms with Crippen molar-refractivity contribution < 1.29 is 13.2 Å². The molecule has 2 rings (SSSR count). The molecule has 0 spiro atoms. The van der Waals surface area contributed by atoms with E-state index >= 15 is 0 Å². The summed E-state index contributed by atoms with van der Waals surface area (Å²) in [4.78, 5) is 0. The zero-order chi connectivity index (χ0) is 12.3. The van der Waals surface area contributed by atoms with Gasteiger partial charge in [-0.2, -0.15) is 13.2 Å². The first-order valence-corrected chi connectivity index (χ1v) is 5.32. The summed E-state index contributed by atoms with van der Waals surface area (Å²) in [5.74, 6) is 0. The lowest BCUT2D eigenvalue weighted by Crippen LogP contribution is -2.05. The van der Waals surface area contributed by atoms with Crippen molar-refractivity contribution in [2.24, 2.45) is 0 Å². The Morgan fingerprint density at radius 2 is 1.53 bits per heavy atom. The Morgan fingerprint density at radius 1 is 0.941 bits per heavy atom. The summed E-state index contributed by atoms with van der Waals surface area (Å²) in [6, 6.07) is 9.17. The van der Waals surface area contributed by atoms with Crippen LogP contribution in [0.25, 0.3) is 0 Å². The molecule has 0 bridgehead atoms. The summed E-state index contributed by atoms with van der Waals surface area (Å²) < 4.78 is 39.0. The van der Waals surface area contributed by atoms with E-state index in [1.165, 1.54) is 12.1 Å². The number of halogens is 3. The maximum absolute atomic E-state index is 12.3. The average molecular weight is 239 g/mol. The first kappa shape index (κ1) is 11.8. The normalized spacial score (nSPS) is 11.7. The van der Waals surface area contributed by atoms with Crippen LogP contribution in [0.5, 0.6) is 0 Å². The van der Waals surface area contributed by atoms with Crippen LogP contribution >= 0.6 is 0 Å². The average Bonchev–Trinajstić information content (AvgIpc) is 2.78. The highest BCUT2D eigenvalue weighted by atomic mass is 19.4. The molecule has 0 aliphatic rings. The molecule has 1 aromatic carbocycles. The Labute approximate surface area is 97.5 Å². The maximum atomic E-state index is 12.3. The zero-order valence-electron chi connectivity index (χ0n) is 9.11. The lowest BCUT2D eigenvalue weighted by Gasteiger charge is -2.08. The van der Waals surface area contributed by atoms with Gasteiger partial charge in [0.15, 0.2) is 0 Å². The van der Waals surface area contributed by atoms with Crippen molar-refractivity contribution in [3.05, 3.63) is 59.9 Å². The van der Waals surface area contributed by atoms with Gasteiger partial charge in [0.25, 0.3) is 0 Å². The van der Waals surface area contributed by atoms with Crippen LogP contribution in [0.1, 0.15) is 11.1 Å². The van der Waals surface area contributed by atoms with Crippen LogP contribution < -0.4 is 0 Å². The SMILES string of the molecule is FC(F)(F)c1ccc(CCn2cccc2)cc1. The monoisotopic (exact) mass is 239 g/mol. The first-order chi connectivity index (χ1) is 8.05. The number of rotatable bonds is 3. The molecule has 0 fully saturated rings. The van der Waals surface area contributed by atoms with Crippen LogP contribution in [-0.2, 0) is 19.1 Å². The molecule has 17 heavy (non-hydrogen) atoms. The standard InChI is InChI=1S/C13H12F3N/c14-13(15,16)12-5-3-11(4-6-12)7-10-17-8-1-2-9-17/h1-6,8-9H,7,10H2. The molecule has 2 aromatic rings. The van der Waals surface area contributed by atoms with Gasteiger partial charge in [0, 0.05) is 18.9 Å². The van der Waals surface area contributed by atoms with Crippen LogP contribution in [-0.4, -0.2) is 4.57 Å². The number of aryl methyl sites for hydroxylation is 2. The van der Waals surface area contributed by atoms with Crippen molar-refractivity contribution in [1.82, 2.24) is 4.57 Å². The second-order valence-electron chi connectivity index (χ2n) is 3.87. The third-order valence-corrected chi connectivity index (χ3v) is 2.61. The first-order valence-electron chi connectivity index (χ1n) is 5.32. The van der Waals surface area contributed by atoms with E-state index in [1.807, 2.05) is 29.1 Å². The lowest BCUT2D eigenvalue weighted by atomic mass is 10.1. The van der Waals surface area contributed by atoms with Crippen molar-refractivity contribution in [2.75, 3.05) is 0 Å². The molecule has 0 N–H and O–H groups in total. The van der Waals surface area contributed by atoms with Gasteiger partial charge in [0.1, 0.15) is 0 Å². The number of nitrogens with zero attached hydrogens (tertiary/aromatic N) is 1. The van der Waals surface area contributed by atoms with E-state index in [-0.39, 0.29) is 0 Å². The van der Waals surface area contributed by atoms with Crippen LogP contribution in [0.4, 0.5) is 13.2 Å². The van der Waals surface area contributed by atoms with Gasteiger partial charge in [-0.25, -0.2) is 0 Å². The third kappa shape index (κ3) is 3.12. The van der Waals surface area contributed by atoms with Crippen molar-refractivity contribution in [1.29, 1.82) is 0 Å². The van der Waals surface area contributed by atoms with Crippen LogP contribution in [0, 0.1) is 0 Å². The Balaban J connectivity index is 1.99. The van der Waals surface area contributed by atoms with Crippen molar-refractivity contribution in [3.63, 3.8) is 0 Å². The van der Waals surface area contributed by atoms with Gasteiger partial charge in [-0.3, -0.25) is 0 Å². The number of hydrogen-bond donors (Lipinski definition) is 0. The summed E-state index contributed by atoms with van der Waals surface area (Å²) >= 11 is 0. The fraction of sp³-hybridized carbons (Fsp3) is 0.231. The molecule has 0 aliphatic carbocycles. The molecule has 1 nitrogen and oxygen atoms in total. The molecule has 0 amide bonds. The summed E-state index contributed by atoms with van der Waals surface area (Å²) in [6.45, 7) is 0.776. The van der Waals surface area contributed by atoms with Gasteiger partial charge >= 0.3 is 6.18 Å². The van der Waals surface area contributed by atoms with Gasteiger partial charge in [-0.15, -0.1) is 0 Å². The van der Waals surface area contributed by atoms with E-state index < -0.39 is 11.7 Å². The van der Waals surface area contributed by atoms with Gasteiger partial charge in [-0.1, -0.05) is 12.1 Å². The number of aromatic nitrogens is 1. The molecule has 0 atom stereocenters. The molecular formula is C13H12F3N. The molecule has 0 aliphatic heterocycles. The predicted octanol–water partition coefficient (Wildman–Crippen LogP) is 3.75. The minimum absolute atomic E-state index is 0.595. The van der Waals surface area contributed by atoms with Gasteiger partial charge < -0.3 is 4.57 Å². The number of alkyl halides is 3. The summed E-state index contributed by atoms with van der Waals surface area (Å²) in [5, 5.41) is 0. The molecule has 4 heteroatoms. The largest absolute Gasteiger partial charge is 0.416 e. The summed E-state index contributed by atoms with van der Waals surface area (Å²) in [5.41, 5.74) is 0.314. The second kappa shape index (κ2) is 4.65. The predicted molar refractivity (Wildman–Crippen MR) is 59.6 cm³/mol. The molecular weight excluding hydrogens is 227 g/mol. The second-order valence-corrected chi connectivity index (χ2v) is 3.87. The highest BCUT2D eigenvalue weighted by molar-refractivity contribution is 5.24. The molecule has 0 saturated carbocycles.